The van der Waals surface area contributed by atoms with E-state index in [0.29, 0.717) is 18.2 Å². The van der Waals surface area contributed by atoms with Gasteiger partial charge in [0.15, 0.2) is 11.6 Å². The number of nitrogens with zero attached hydrogens (tertiary/aromatic N) is 7. The van der Waals surface area contributed by atoms with Gasteiger partial charge in [0, 0.05) is 18.8 Å². The summed E-state index contributed by atoms with van der Waals surface area (Å²) in [5.74, 6) is -0.0402. The molecule has 1 saturated carbocycles. The van der Waals surface area contributed by atoms with Crippen molar-refractivity contribution < 1.29 is 9.18 Å². The van der Waals surface area contributed by atoms with Gasteiger partial charge < -0.3 is 4.40 Å². The number of ketones is 1. The zero-order valence-corrected chi connectivity index (χ0v) is 18.3. The van der Waals surface area contributed by atoms with Crippen molar-refractivity contribution in [2.24, 2.45) is 0 Å². The second-order valence-corrected chi connectivity index (χ2v) is 8.80. The average molecular weight is 464 g/mol. The van der Waals surface area contributed by atoms with E-state index in [-0.39, 0.29) is 34.9 Å². The van der Waals surface area contributed by atoms with Gasteiger partial charge in [-0.1, -0.05) is 16.8 Å². The largest absolute Gasteiger partial charge is 0.303 e. The second kappa shape index (κ2) is 7.77. The van der Waals surface area contributed by atoms with E-state index in [0.717, 1.165) is 11.2 Å². The van der Waals surface area contributed by atoms with E-state index in [2.05, 4.69) is 32.5 Å². The van der Waals surface area contributed by atoms with Gasteiger partial charge in [-0.2, -0.15) is 5.10 Å². The van der Waals surface area contributed by atoms with Gasteiger partial charge in [-0.25, -0.2) is 18.6 Å². The Bertz CT molecular complexity index is 1510. The monoisotopic (exact) mass is 463 g/mol. The van der Waals surface area contributed by atoms with Crippen molar-refractivity contribution in [3.63, 3.8) is 0 Å². The first kappa shape index (κ1) is 20.0. The lowest BCUT2D eigenvalue weighted by Gasteiger charge is -2.01. The topological polar surface area (TPSA) is 82.4 Å². The molecule has 1 aliphatic carbocycles. The normalized spacial score (nSPS) is 13.9. The maximum absolute atomic E-state index is 14.4. The van der Waals surface area contributed by atoms with Gasteiger partial charge in [-0.15, -0.1) is 5.10 Å². The highest BCUT2D eigenvalue weighted by Crippen LogP contribution is 2.40. The highest BCUT2D eigenvalue weighted by Gasteiger charge is 2.23. The van der Waals surface area contributed by atoms with Gasteiger partial charge in [0.05, 0.1) is 41.0 Å². The number of imidazole rings is 1. The lowest BCUT2D eigenvalue weighted by molar-refractivity contribution is 0.0977. The lowest BCUT2D eigenvalue weighted by Crippen LogP contribution is -2.03. The van der Waals surface area contributed by atoms with Crippen LogP contribution in [0.5, 0.6) is 0 Å². The third-order valence-electron chi connectivity index (χ3n) is 5.99. The van der Waals surface area contributed by atoms with Gasteiger partial charge in [-0.05, 0) is 55.0 Å². The Labute approximate surface area is 192 Å². The number of aryl methyl sites for hydroxylation is 1. The Balaban J connectivity index is 1.14. The minimum Gasteiger partial charge on any atom is -0.303 e. The van der Waals surface area contributed by atoms with Gasteiger partial charge in [-0.3, -0.25) is 4.79 Å². The van der Waals surface area contributed by atoms with Crippen LogP contribution < -0.4 is 0 Å². The summed E-state index contributed by atoms with van der Waals surface area (Å²) in [6.45, 7) is 0.413. The summed E-state index contributed by atoms with van der Waals surface area (Å²) >= 11 is 5.88. The molecule has 0 unspecified atom stereocenters. The molecular weight excluding hydrogens is 445 g/mol. The molecule has 166 valence electrons. The van der Waals surface area contributed by atoms with Crippen LogP contribution >= 0.6 is 11.6 Å². The number of hydrogen-bond acceptors (Lipinski definition) is 5. The fourth-order valence-electron chi connectivity index (χ4n) is 4.11. The number of carbonyl (C=O) groups excluding carboxylic acids is 1. The first-order chi connectivity index (χ1) is 16.0. The molecule has 8 nitrogen and oxygen atoms in total. The third kappa shape index (κ3) is 3.78. The van der Waals surface area contributed by atoms with Crippen LogP contribution in [0.1, 0.15) is 52.6 Å². The molecule has 0 N–H and O–H groups in total. The molecule has 5 aromatic rings. The van der Waals surface area contributed by atoms with Gasteiger partial charge in [0.2, 0.25) is 0 Å². The number of Topliss-reactive ketones (excluding diaryl/α,β-unsaturated/α-hetero) is 1. The van der Waals surface area contributed by atoms with E-state index in [9.17, 15) is 9.18 Å². The Hall–Kier alpha value is -3.59. The van der Waals surface area contributed by atoms with Crippen LogP contribution in [-0.4, -0.2) is 39.8 Å². The summed E-state index contributed by atoms with van der Waals surface area (Å²) in [4.78, 5) is 16.9. The number of halogens is 2. The molecule has 0 saturated heterocycles. The Morgan fingerprint density at radius 2 is 2.09 bits per heavy atom. The Morgan fingerprint density at radius 3 is 2.94 bits per heavy atom. The van der Waals surface area contributed by atoms with Crippen LogP contribution in [0.25, 0.3) is 11.0 Å². The summed E-state index contributed by atoms with van der Waals surface area (Å²) in [6, 6.07) is 7.80. The Kier molecular flexibility index (Phi) is 4.72. The first-order valence-corrected chi connectivity index (χ1v) is 11.1. The SMILES string of the molecule is O=C(CCc1ncn2ccc(Cl)c(F)c12)c1cn(Cc2cc3cc(C4CC4)ccn3n2)nn1. The minimum absolute atomic E-state index is 0.0224. The third-order valence-corrected chi connectivity index (χ3v) is 6.28. The zero-order chi connectivity index (χ0) is 22.5. The average Bonchev–Trinajstić information content (AvgIpc) is 3.23. The predicted octanol–water partition coefficient (Wildman–Crippen LogP) is 4.11. The molecular formula is C23H19ClFN7O. The molecule has 0 aliphatic heterocycles. The molecule has 0 bridgehead atoms. The molecule has 10 heteroatoms. The smallest absolute Gasteiger partial charge is 0.185 e. The number of carbonyl (C=O) groups is 1. The van der Waals surface area contributed by atoms with E-state index in [1.807, 2.05) is 16.8 Å². The van der Waals surface area contributed by atoms with E-state index in [1.54, 1.807) is 21.5 Å². The highest BCUT2D eigenvalue weighted by molar-refractivity contribution is 6.31. The minimum atomic E-state index is -0.540. The summed E-state index contributed by atoms with van der Waals surface area (Å²) in [7, 11) is 0. The number of fused-ring (bicyclic) bond motifs is 2. The molecule has 0 amide bonds. The van der Waals surface area contributed by atoms with Crippen LogP contribution in [0.2, 0.25) is 5.02 Å². The summed E-state index contributed by atoms with van der Waals surface area (Å²) < 4.78 is 19.4. The summed E-state index contributed by atoms with van der Waals surface area (Å²) in [5, 5.41) is 12.7. The molecule has 0 aromatic carbocycles. The van der Waals surface area contributed by atoms with E-state index >= 15 is 0 Å². The van der Waals surface area contributed by atoms with Crippen molar-refractivity contribution in [2.75, 3.05) is 0 Å². The van der Waals surface area contributed by atoms with Crippen LogP contribution in [0, 0.1) is 5.82 Å². The molecule has 5 aromatic heterocycles. The molecule has 1 fully saturated rings. The van der Waals surface area contributed by atoms with E-state index in [1.165, 1.54) is 30.8 Å². The fraction of sp³-hybridized carbons (Fsp3) is 0.261. The second-order valence-electron chi connectivity index (χ2n) is 8.39. The van der Waals surface area contributed by atoms with Gasteiger partial charge >= 0.3 is 0 Å². The predicted molar refractivity (Wildman–Crippen MR) is 119 cm³/mol. The van der Waals surface area contributed by atoms with E-state index < -0.39 is 5.82 Å². The summed E-state index contributed by atoms with van der Waals surface area (Å²) in [5.41, 5.74) is 4.27. The molecule has 0 atom stereocenters. The van der Waals surface area contributed by atoms with Gasteiger partial charge in [0.25, 0.3) is 0 Å². The summed E-state index contributed by atoms with van der Waals surface area (Å²) in [6.07, 6.45) is 9.66. The number of aromatic nitrogens is 7. The van der Waals surface area contributed by atoms with Crippen molar-refractivity contribution >= 4 is 28.4 Å². The highest BCUT2D eigenvalue weighted by atomic mass is 35.5. The molecule has 5 heterocycles. The van der Waals surface area contributed by atoms with Crippen LogP contribution in [0.4, 0.5) is 4.39 Å². The molecule has 0 radical (unpaired) electrons. The van der Waals surface area contributed by atoms with Crippen molar-refractivity contribution in [1.29, 1.82) is 0 Å². The molecule has 6 rings (SSSR count). The van der Waals surface area contributed by atoms with Crippen molar-refractivity contribution in [3.8, 4) is 0 Å². The standard InChI is InChI=1S/C23H19ClFN7O/c24-18-6-7-30-13-26-19(23(30)22(18)25)3-4-21(33)20-12-31(29-27-20)11-16-10-17-9-15(14-1-2-14)5-8-32(17)28-16/h5-10,12-14H,1-4,11H2. The van der Waals surface area contributed by atoms with Gasteiger partial charge in [0.1, 0.15) is 11.2 Å². The number of pyridine rings is 2. The fourth-order valence-corrected chi connectivity index (χ4v) is 4.26. The first-order valence-electron chi connectivity index (χ1n) is 10.8. The maximum atomic E-state index is 14.4. The van der Waals surface area contributed by atoms with Crippen LogP contribution in [0.15, 0.2) is 49.2 Å². The van der Waals surface area contributed by atoms with Crippen molar-refractivity contribution in [1.82, 2.24) is 34.0 Å². The number of hydrogen-bond donors (Lipinski definition) is 0. The molecule has 33 heavy (non-hydrogen) atoms. The van der Waals surface area contributed by atoms with E-state index in [4.69, 9.17) is 11.6 Å². The van der Waals surface area contributed by atoms with Crippen molar-refractivity contribution in [3.05, 3.63) is 82.7 Å². The molecule has 1 aliphatic rings. The van der Waals surface area contributed by atoms with Crippen LogP contribution in [0.3, 0.4) is 0 Å². The number of rotatable bonds is 7. The lowest BCUT2D eigenvalue weighted by atomic mass is 10.1. The molecule has 0 spiro atoms. The quantitative estimate of drug-likeness (QED) is 0.339. The maximum Gasteiger partial charge on any atom is 0.185 e. The zero-order valence-electron chi connectivity index (χ0n) is 17.5. The van der Waals surface area contributed by atoms with Crippen LogP contribution in [-0.2, 0) is 13.0 Å². The Morgan fingerprint density at radius 1 is 1.21 bits per heavy atom. The van der Waals surface area contributed by atoms with Crippen molar-refractivity contribution in [2.45, 2.75) is 38.1 Å².